The molecule has 0 saturated carbocycles. The van der Waals surface area contributed by atoms with E-state index >= 15 is 0 Å². The van der Waals surface area contributed by atoms with Crippen molar-refractivity contribution in [2.24, 2.45) is 0 Å². The van der Waals surface area contributed by atoms with Crippen molar-refractivity contribution in [3.05, 3.63) is 0 Å². The average Bonchev–Trinajstić information content (AvgIpc) is 0.722. The van der Waals surface area contributed by atoms with Gasteiger partial charge in [-0.05, 0) is 0 Å². The molecule has 0 saturated heterocycles. The van der Waals surface area contributed by atoms with Gasteiger partial charge in [0.15, 0.2) is 0 Å². The van der Waals surface area contributed by atoms with Crippen LogP contribution in [0.2, 0.25) is 0 Å². The number of hydrogen-bond donors (Lipinski definition) is 0. The Morgan fingerprint density at radius 2 is 0.857 bits per heavy atom. The zero-order valence-electron chi connectivity index (χ0n) is 5.89. The standard InChI is InChI=1S/C4H12N.Na.H2O/c1-5(2,3)4;;/h1-4H3;;1H2/q+1;;/p-1. The van der Waals surface area contributed by atoms with Crippen LogP contribution in [0.25, 0.3) is 0 Å². The summed E-state index contributed by atoms with van der Waals surface area (Å²) >= 11 is 0. The Morgan fingerprint density at radius 1 is 0.857 bits per heavy atom. The third-order valence-electron chi connectivity index (χ3n) is 0. The van der Waals surface area contributed by atoms with Crippen molar-refractivity contribution in [1.82, 2.24) is 0 Å². The minimum absolute atomic E-state index is 0. The van der Waals surface area contributed by atoms with Crippen LogP contribution >= 0.6 is 0 Å². The van der Waals surface area contributed by atoms with Crippen LogP contribution in [0.5, 0.6) is 0 Å². The van der Waals surface area contributed by atoms with Crippen molar-refractivity contribution < 1.29 is 9.96 Å². The second kappa shape index (κ2) is 5.06. The molecule has 3 heteroatoms. The number of quaternary nitrogens is 1. The van der Waals surface area contributed by atoms with E-state index in [-0.39, 0.29) is 35.0 Å². The van der Waals surface area contributed by atoms with E-state index in [1.54, 1.807) is 0 Å². The van der Waals surface area contributed by atoms with Gasteiger partial charge in [0.25, 0.3) is 0 Å². The van der Waals surface area contributed by atoms with Gasteiger partial charge in [-0.15, -0.1) is 0 Å². The maximum atomic E-state index is 2.12. The molecule has 41 valence electrons. The molecule has 0 aromatic rings. The van der Waals surface area contributed by atoms with Gasteiger partial charge in [0.05, 0.1) is 28.2 Å². The molecule has 0 aromatic carbocycles. The molecule has 0 amide bonds. The molecular weight excluding hydrogens is 101 g/mol. The van der Waals surface area contributed by atoms with Crippen molar-refractivity contribution in [2.45, 2.75) is 0 Å². The monoisotopic (exact) mass is 114 g/mol. The first-order valence-electron chi connectivity index (χ1n) is 1.79. The molecule has 0 heterocycles. The minimum Gasteiger partial charge on any atom is -0.870 e. The van der Waals surface area contributed by atoms with Gasteiger partial charge in [-0.25, -0.2) is 0 Å². The summed E-state index contributed by atoms with van der Waals surface area (Å²) in [6.45, 7) is 0. The van der Waals surface area contributed by atoms with E-state index in [9.17, 15) is 0 Å². The van der Waals surface area contributed by atoms with Crippen LogP contribution in [0, 0.1) is 0 Å². The molecule has 0 rings (SSSR count). The Balaban J connectivity index is -0.0000000800. The van der Waals surface area contributed by atoms with E-state index in [0.717, 1.165) is 4.48 Å². The van der Waals surface area contributed by atoms with Crippen molar-refractivity contribution in [3.63, 3.8) is 0 Å². The Bertz CT molecular complexity index is 27.2. The summed E-state index contributed by atoms with van der Waals surface area (Å²) in [5.74, 6) is 0. The van der Waals surface area contributed by atoms with Gasteiger partial charge in [-0.3, -0.25) is 0 Å². The maximum Gasteiger partial charge on any atom is 0.0675 e. The summed E-state index contributed by atoms with van der Waals surface area (Å²) in [6, 6.07) is 0. The second-order valence-corrected chi connectivity index (χ2v) is 2.68. The topological polar surface area (TPSA) is 30.0 Å². The molecule has 7 heavy (non-hydrogen) atoms. The zero-order chi connectivity index (χ0) is 4.50. The van der Waals surface area contributed by atoms with Gasteiger partial charge in [0.1, 0.15) is 0 Å². The molecule has 0 unspecified atom stereocenters. The maximum absolute atomic E-state index is 2.12. The first-order chi connectivity index (χ1) is 2.00. The Labute approximate surface area is 67.7 Å². The van der Waals surface area contributed by atoms with Gasteiger partial charge < -0.3 is 9.96 Å². The van der Waals surface area contributed by atoms with E-state index in [1.165, 1.54) is 0 Å². The van der Waals surface area contributed by atoms with Crippen LogP contribution in [0.4, 0.5) is 0 Å². The van der Waals surface area contributed by atoms with Crippen LogP contribution in [-0.2, 0) is 0 Å². The summed E-state index contributed by atoms with van der Waals surface area (Å²) in [5.41, 5.74) is 0. The summed E-state index contributed by atoms with van der Waals surface area (Å²) in [5, 5.41) is 0. The fourth-order valence-corrected chi connectivity index (χ4v) is 0. The molecule has 1 radical (unpaired) electrons. The minimum atomic E-state index is 0. The van der Waals surface area contributed by atoms with Crippen molar-refractivity contribution in [1.29, 1.82) is 0 Å². The smallest absolute Gasteiger partial charge is 0.0675 e. The Kier molecular flexibility index (Phi) is 11.3. The summed E-state index contributed by atoms with van der Waals surface area (Å²) in [4.78, 5) is 0. The molecule has 0 aromatic heterocycles. The fourth-order valence-electron chi connectivity index (χ4n) is 0. The van der Waals surface area contributed by atoms with Gasteiger partial charge in [-0.2, -0.15) is 0 Å². The summed E-state index contributed by atoms with van der Waals surface area (Å²) in [7, 11) is 8.50. The molecule has 0 atom stereocenters. The molecule has 1 N–H and O–H groups in total. The molecule has 0 spiro atoms. The van der Waals surface area contributed by atoms with E-state index in [2.05, 4.69) is 28.2 Å². The van der Waals surface area contributed by atoms with Gasteiger partial charge >= 0.3 is 0 Å². The Morgan fingerprint density at radius 3 is 0.857 bits per heavy atom. The molecule has 0 bridgehead atoms. The number of rotatable bonds is 0. The van der Waals surface area contributed by atoms with Crippen molar-refractivity contribution >= 4 is 29.6 Å². The van der Waals surface area contributed by atoms with Crippen LogP contribution < -0.4 is 0 Å². The second-order valence-electron chi connectivity index (χ2n) is 2.68. The van der Waals surface area contributed by atoms with E-state index < -0.39 is 0 Å². The third kappa shape index (κ3) is 198. The third-order valence-corrected chi connectivity index (χ3v) is 0. The van der Waals surface area contributed by atoms with Gasteiger partial charge in [0, 0.05) is 29.6 Å². The molecule has 0 aliphatic heterocycles. The molecular formula is C4H13NNaO. The summed E-state index contributed by atoms with van der Waals surface area (Å²) in [6.07, 6.45) is 0. The van der Waals surface area contributed by atoms with E-state index in [1.807, 2.05) is 0 Å². The van der Waals surface area contributed by atoms with Gasteiger partial charge in [0.2, 0.25) is 0 Å². The van der Waals surface area contributed by atoms with E-state index in [4.69, 9.17) is 0 Å². The quantitative estimate of drug-likeness (QED) is 0.316. The molecule has 0 fully saturated rings. The predicted molar refractivity (Wildman–Crippen MR) is 31.6 cm³/mol. The number of nitrogens with zero attached hydrogens (tertiary/aromatic N) is 1. The molecule has 0 aliphatic carbocycles. The van der Waals surface area contributed by atoms with Crippen LogP contribution in [0.3, 0.4) is 0 Å². The average molecular weight is 114 g/mol. The van der Waals surface area contributed by atoms with Crippen LogP contribution in [0.15, 0.2) is 0 Å². The predicted octanol–water partition coefficient (Wildman–Crippen LogP) is -0.235. The summed E-state index contributed by atoms with van der Waals surface area (Å²) < 4.78 is 1.00. The first-order valence-corrected chi connectivity index (χ1v) is 1.79. The van der Waals surface area contributed by atoms with Crippen LogP contribution in [-0.4, -0.2) is 67.7 Å². The first kappa shape index (κ1) is 15.7. The van der Waals surface area contributed by atoms with Crippen LogP contribution in [0.1, 0.15) is 0 Å². The SMILES string of the molecule is C[N+](C)(C)C.[Na].[OH-]. The number of hydrogen-bond acceptors (Lipinski definition) is 1. The normalized spacial score (nSPS) is 8.57. The fraction of sp³-hybridized carbons (Fsp3) is 1.00. The molecule has 0 aliphatic rings. The van der Waals surface area contributed by atoms with Crippen molar-refractivity contribution in [3.8, 4) is 0 Å². The van der Waals surface area contributed by atoms with Crippen molar-refractivity contribution in [2.75, 3.05) is 28.2 Å². The Hall–Kier alpha value is 0.920. The largest absolute Gasteiger partial charge is 0.870 e. The van der Waals surface area contributed by atoms with E-state index in [0.29, 0.717) is 0 Å². The van der Waals surface area contributed by atoms with Gasteiger partial charge in [-0.1, -0.05) is 0 Å². The molecule has 2 nitrogen and oxygen atoms in total. The zero-order valence-corrected chi connectivity index (χ0v) is 7.89.